The van der Waals surface area contributed by atoms with Crippen LogP contribution in [0.25, 0.3) is 0 Å². The van der Waals surface area contributed by atoms with E-state index in [4.69, 9.17) is 0 Å². The molecule has 0 unspecified atom stereocenters. The van der Waals surface area contributed by atoms with E-state index >= 15 is 0 Å². The van der Waals surface area contributed by atoms with Crippen molar-refractivity contribution in [3.05, 3.63) is 35.4 Å². The first-order valence-corrected chi connectivity index (χ1v) is 11.4. The second-order valence-corrected chi connectivity index (χ2v) is 9.06. The highest BCUT2D eigenvalue weighted by atomic mass is 14.4. The second kappa shape index (κ2) is 9.79. The Morgan fingerprint density at radius 2 is 1.12 bits per heavy atom. The van der Waals surface area contributed by atoms with Crippen molar-refractivity contribution in [2.24, 2.45) is 23.7 Å². The van der Waals surface area contributed by atoms with Gasteiger partial charge in [-0.25, -0.2) is 0 Å². The van der Waals surface area contributed by atoms with Crippen LogP contribution in [0.1, 0.15) is 95.6 Å². The molecule has 1 aromatic carbocycles. The van der Waals surface area contributed by atoms with E-state index in [1.807, 2.05) is 0 Å². The van der Waals surface area contributed by atoms with Crippen molar-refractivity contribution in [2.45, 2.75) is 97.3 Å². The molecule has 0 heteroatoms. The molecule has 0 nitrogen and oxygen atoms in total. The standard InChI is InChI=1S/C25H40/c1-3-5-21-12-16-24(17-13-21)25-18-14-23(15-19-25)11-10-22-8-6-20(4-2)7-9-22/h6-9,21,23-25H,3-5,10-19H2,1-2H3/t21-,23-,24-,25-. The van der Waals surface area contributed by atoms with Gasteiger partial charge in [0, 0.05) is 0 Å². The third kappa shape index (κ3) is 5.60. The maximum absolute atomic E-state index is 2.36. The van der Waals surface area contributed by atoms with Gasteiger partial charge in [0.15, 0.2) is 0 Å². The van der Waals surface area contributed by atoms with Crippen molar-refractivity contribution in [1.82, 2.24) is 0 Å². The highest BCUT2D eigenvalue weighted by molar-refractivity contribution is 5.22. The summed E-state index contributed by atoms with van der Waals surface area (Å²) in [5.74, 6) is 4.22. The van der Waals surface area contributed by atoms with E-state index in [9.17, 15) is 0 Å². The predicted molar refractivity (Wildman–Crippen MR) is 110 cm³/mol. The molecular formula is C25H40. The number of hydrogen-bond donors (Lipinski definition) is 0. The Morgan fingerprint density at radius 3 is 1.60 bits per heavy atom. The first-order valence-electron chi connectivity index (χ1n) is 11.4. The summed E-state index contributed by atoms with van der Waals surface area (Å²) in [5.41, 5.74) is 3.02. The Labute approximate surface area is 156 Å². The summed E-state index contributed by atoms with van der Waals surface area (Å²) in [6.45, 7) is 4.59. The fourth-order valence-corrected chi connectivity index (χ4v) is 5.62. The minimum absolute atomic E-state index is 0.999. The van der Waals surface area contributed by atoms with Crippen LogP contribution in [-0.2, 0) is 12.8 Å². The zero-order chi connectivity index (χ0) is 17.5. The summed E-state index contributed by atoms with van der Waals surface area (Å²) in [7, 11) is 0. The molecule has 2 aliphatic rings. The fraction of sp³-hybridized carbons (Fsp3) is 0.760. The van der Waals surface area contributed by atoms with E-state index in [2.05, 4.69) is 38.1 Å². The Balaban J connectivity index is 1.36. The monoisotopic (exact) mass is 340 g/mol. The van der Waals surface area contributed by atoms with Crippen molar-refractivity contribution in [3.63, 3.8) is 0 Å². The molecule has 140 valence electrons. The van der Waals surface area contributed by atoms with E-state index in [1.165, 1.54) is 69.8 Å². The summed E-state index contributed by atoms with van der Waals surface area (Å²) in [4.78, 5) is 0. The highest BCUT2D eigenvalue weighted by Crippen LogP contribution is 2.42. The Kier molecular flexibility index (Phi) is 7.44. The summed E-state index contributed by atoms with van der Waals surface area (Å²) in [6.07, 6.45) is 19.0. The zero-order valence-electron chi connectivity index (χ0n) is 16.8. The van der Waals surface area contributed by atoms with Crippen molar-refractivity contribution < 1.29 is 0 Å². The van der Waals surface area contributed by atoms with E-state index in [-0.39, 0.29) is 0 Å². The van der Waals surface area contributed by atoms with Crippen molar-refractivity contribution in [3.8, 4) is 0 Å². The molecule has 2 saturated carbocycles. The van der Waals surface area contributed by atoms with Crippen LogP contribution in [0, 0.1) is 23.7 Å². The van der Waals surface area contributed by atoms with Crippen LogP contribution in [0.3, 0.4) is 0 Å². The van der Waals surface area contributed by atoms with Gasteiger partial charge in [-0.1, -0.05) is 76.6 Å². The van der Waals surface area contributed by atoms with Crippen LogP contribution in [0.4, 0.5) is 0 Å². The van der Waals surface area contributed by atoms with E-state index in [0.717, 1.165) is 30.1 Å². The predicted octanol–water partition coefficient (Wildman–Crippen LogP) is 7.59. The van der Waals surface area contributed by atoms with Gasteiger partial charge in [0.25, 0.3) is 0 Å². The lowest BCUT2D eigenvalue weighted by Gasteiger charge is -2.38. The SMILES string of the molecule is CCC[C@H]1CC[C@H]([C@H]2CC[C@H](CCc3ccc(CC)cc3)CC2)CC1. The van der Waals surface area contributed by atoms with Crippen LogP contribution < -0.4 is 0 Å². The van der Waals surface area contributed by atoms with Gasteiger partial charge >= 0.3 is 0 Å². The van der Waals surface area contributed by atoms with Gasteiger partial charge in [-0.15, -0.1) is 0 Å². The van der Waals surface area contributed by atoms with Crippen LogP contribution in [0.2, 0.25) is 0 Å². The average Bonchev–Trinajstić information content (AvgIpc) is 2.68. The molecular weight excluding hydrogens is 300 g/mol. The largest absolute Gasteiger partial charge is 0.0654 e. The number of aryl methyl sites for hydroxylation is 2. The van der Waals surface area contributed by atoms with Gasteiger partial charge in [-0.2, -0.15) is 0 Å². The van der Waals surface area contributed by atoms with Gasteiger partial charge in [-0.3, -0.25) is 0 Å². The molecule has 0 atom stereocenters. The second-order valence-electron chi connectivity index (χ2n) is 9.06. The molecule has 0 bridgehead atoms. The van der Waals surface area contributed by atoms with Gasteiger partial charge < -0.3 is 0 Å². The minimum Gasteiger partial charge on any atom is -0.0654 e. The number of hydrogen-bond acceptors (Lipinski definition) is 0. The molecule has 0 saturated heterocycles. The maximum atomic E-state index is 2.36. The molecule has 0 amide bonds. The van der Waals surface area contributed by atoms with E-state index < -0.39 is 0 Å². The van der Waals surface area contributed by atoms with Gasteiger partial charge in [0.1, 0.15) is 0 Å². The van der Waals surface area contributed by atoms with Crippen LogP contribution >= 0.6 is 0 Å². The molecule has 3 rings (SSSR count). The molecule has 0 radical (unpaired) electrons. The smallest absolute Gasteiger partial charge is 0.0276 e. The Morgan fingerprint density at radius 1 is 0.640 bits per heavy atom. The summed E-state index contributed by atoms with van der Waals surface area (Å²) >= 11 is 0. The summed E-state index contributed by atoms with van der Waals surface area (Å²) in [5, 5.41) is 0. The lowest BCUT2D eigenvalue weighted by Crippen LogP contribution is -2.26. The van der Waals surface area contributed by atoms with E-state index in [1.54, 1.807) is 18.4 Å². The molecule has 0 aliphatic heterocycles. The Bertz CT molecular complexity index is 469. The third-order valence-electron chi connectivity index (χ3n) is 7.42. The first-order chi connectivity index (χ1) is 12.3. The molecule has 2 fully saturated rings. The van der Waals surface area contributed by atoms with Crippen molar-refractivity contribution in [1.29, 1.82) is 0 Å². The Hall–Kier alpha value is -0.780. The van der Waals surface area contributed by atoms with Crippen LogP contribution in [0.5, 0.6) is 0 Å². The summed E-state index contributed by atoms with van der Waals surface area (Å²) < 4.78 is 0. The zero-order valence-corrected chi connectivity index (χ0v) is 16.8. The highest BCUT2D eigenvalue weighted by Gasteiger charge is 2.30. The minimum atomic E-state index is 0.999. The van der Waals surface area contributed by atoms with Gasteiger partial charge in [0.2, 0.25) is 0 Å². The fourth-order valence-electron chi connectivity index (χ4n) is 5.62. The van der Waals surface area contributed by atoms with Crippen molar-refractivity contribution >= 4 is 0 Å². The van der Waals surface area contributed by atoms with Crippen LogP contribution in [0.15, 0.2) is 24.3 Å². The first kappa shape index (κ1) is 19.0. The number of rotatable bonds is 7. The molecule has 25 heavy (non-hydrogen) atoms. The molecule has 0 N–H and O–H groups in total. The van der Waals surface area contributed by atoms with Gasteiger partial charge in [-0.05, 0) is 79.7 Å². The maximum Gasteiger partial charge on any atom is -0.0276 e. The lowest BCUT2D eigenvalue weighted by atomic mass is 9.68. The molecule has 0 aromatic heterocycles. The van der Waals surface area contributed by atoms with Crippen molar-refractivity contribution in [2.75, 3.05) is 0 Å². The lowest BCUT2D eigenvalue weighted by molar-refractivity contribution is 0.141. The number of benzene rings is 1. The van der Waals surface area contributed by atoms with E-state index in [0.29, 0.717) is 0 Å². The molecule has 1 aromatic rings. The van der Waals surface area contributed by atoms with Gasteiger partial charge in [0.05, 0.1) is 0 Å². The normalized spacial score (nSPS) is 30.3. The summed E-state index contributed by atoms with van der Waals surface area (Å²) in [6, 6.07) is 9.36. The third-order valence-corrected chi connectivity index (χ3v) is 7.42. The molecule has 0 spiro atoms. The topological polar surface area (TPSA) is 0 Å². The molecule has 0 heterocycles. The molecule has 2 aliphatic carbocycles. The average molecular weight is 341 g/mol. The van der Waals surface area contributed by atoms with Crippen LogP contribution in [-0.4, -0.2) is 0 Å². The quantitative estimate of drug-likeness (QED) is 0.479.